The number of carbonyl (C=O) groups excluding carboxylic acids is 3. The molecule has 1 aliphatic heterocycles. The Labute approximate surface area is 236 Å². The van der Waals surface area contributed by atoms with Crippen LogP contribution in [0.1, 0.15) is 33.6 Å². The van der Waals surface area contributed by atoms with Gasteiger partial charge in [-0.25, -0.2) is 4.39 Å². The summed E-state index contributed by atoms with van der Waals surface area (Å²) in [6, 6.07) is 8.93. The Kier molecular flexibility index (Phi) is 10.7. The molecule has 0 aliphatic carbocycles. The van der Waals surface area contributed by atoms with Gasteiger partial charge in [0.05, 0.1) is 17.3 Å². The van der Waals surface area contributed by atoms with Crippen LogP contribution in [-0.4, -0.2) is 62.3 Å². The van der Waals surface area contributed by atoms with Crippen LogP contribution < -0.4 is 25.0 Å². The Balaban J connectivity index is 1.40. The van der Waals surface area contributed by atoms with Gasteiger partial charge in [0.1, 0.15) is 29.5 Å². The fourth-order valence-corrected chi connectivity index (χ4v) is 4.00. The van der Waals surface area contributed by atoms with Gasteiger partial charge in [0, 0.05) is 24.2 Å². The van der Waals surface area contributed by atoms with Crippen LogP contribution in [0.4, 0.5) is 10.1 Å². The van der Waals surface area contributed by atoms with Crippen molar-refractivity contribution in [1.82, 2.24) is 10.6 Å². The Bertz CT molecular complexity index is 1190. The molecule has 212 valence electrons. The highest BCUT2D eigenvalue weighted by Gasteiger charge is 2.32. The molecule has 3 rings (SSSR count). The molecule has 39 heavy (non-hydrogen) atoms. The van der Waals surface area contributed by atoms with E-state index in [1.807, 2.05) is 0 Å². The van der Waals surface area contributed by atoms with Crippen molar-refractivity contribution in [2.45, 2.75) is 45.3 Å². The quantitative estimate of drug-likeness (QED) is 0.302. The van der Waals surface area contributed by atoms with Crippen molar-refractivity contribution in [2.75, 3.05) is 37.7 Å². The molecule has 0 spiro atoms. The summed E-state index contributed by atoms with van der Waals surface area (Å²) >= 11 is 11.8. The smallest absolute Gasteiger partial charge is 0.326 e. The van der Waals surface area contributed by atoms with Crippen LogP contribution in [0.15, 0.2) is 36.4 Å². The number of fused-ring (bicyclic) bond motifs is 1. The molecule has 0 fully saturated rings. The maximum Gasteiger partial charge on any atom is 0.326 e. The fourth-order valence-electron chi connectivity index (χ4n) is 3.71. The van der Waals surface area contributed by atoms with Gasteiger partial charge in [0.2, 0.25) is 0 Å². The summed E-state index contributed by atoms with van der Waals surface area (Å²) in [5.41, 5.74) is -0.0294. The third-order valence-electron chi connectivity index (χ3n) is 5.44. The molecule has 2 aromatic rings. The molecule has 12 heteroatoms. The first kappa shape index (κ1) is 30.3. The topological polar surface area (TPSA) is 106 Å². The van der Waals surface area contributed by atoms with Crippen LogP contribution in [0.3, 0.4) is 0 Å². The number of hydrogen-bond donors (Lipinski definition) is 2. The zero-order valence-corrected chi connectivity index (χ0v) is 23.5. The zero-order chi connectivity index (χ0) is 28.6. The Morgan fingerprint density at radius 1 is 1.08 bits per heavy atom. The number of hydrogen-bond acceptors (Lipinski definition) is 7. The highest BCUT2D eigenvalue weighted by atomic mass is 35.5. The number of ether oxygens (including phenoxy) is 3. The molecular weight excluding hydrogens is 552 g/mol. The van der Waals surface area contributed by atoms with Gasteiger partial charge in [-0.3, -0.25) is 14.4 Å². The molecule has 0 radical (unpaired) electrons. The van der Waals surface area contributed by atoms with E-state index < -0.39 is 23.5 Å². The van der Waals surface area contributed by atoms with Gasteiger partial charge in [0.15, 0.2) is 12.7 Å². The molecule has 2 amide bonds. The van der Waals surface area contributed by atoms with Crippen molar-refractivity contribution in [3.8, 4) is 11.5 Å². The number of nitrogens with zero attached hydrogens (tertiary/aromatic N) is 1. The van der Waals surface area contributed by atoms with Gasteiger partial charge in [0.25, 0.3) is 11.8 Å². The zero-order valence-electron chi connectivity index (χ0n) is 22.0. The van der Waals surface area contributed by atoms with Gasteiger partial charge < -0.3 is 29.7 Å². The first-order valence-electron chi connectivity index (χ1n) is 12.5. The average Bonchev–Trinajstić information content (AvgIpc) is 2.85. The van der Waals surface area contributed by atoms with E-state index in [0.29, 0.717) is 42.4 Å². The van der Waals surface area contributed by atoms with Crippen LogP contribution in [0.5, 0.6) is 11.5 Å². The normalized spacial score (nSPS) is 14.6. The van der Waals surface area contributed by atoms with Crippen molar-refractivity contribution in [1.29, 1.82) is 0 Å². The Hall–Kier alpha value is -3.24. The molecule has 1 heterocycles. The van der Waals surface area contributed by atoms with Crippen molar-refractivity contribution in [2.24, 2.45) is 0 Å². The lowest BCUT2D eigenvalue weighted by molar-refractivity contribution is -0.153. The molecule has 0 saturated heterocycles. The third-order valence-corrected chi connectivity index (χ3v) is 5.98. The van der Waals surface area contributed by atoms with E-state index in [2.05, 4.69) is 10.6 Å². The molecule has 2 aromatic carbocycles. The lowest BCUT2D eigenvalue weighted by atomic mass is 10.1. The standard InChI is InChI=1S/C27H32Cl2FN3O6/c1-27(2,3)39-25(35)15-33-14-23(38-22-9-6-17(28)12-21(22)33)26(36)32-11-5-4-10-31-24(34)16-37-18-7-8-19(29)20(30)13-18/h6-9,12-13,23H,4-5,10-11,14-16H2,1-3H3,(H,31,34)(H,32,36)/t23-/m1/s1. The summed E-state index contributed by atoms with van der Waals surface area (Å²) in [7, 11) is 0. The van der Waals surface area contributed by atoms with Crippen molar-refractivity contribution in [3.05, 3.63) is 52.3 Å². The Morgan fingerprint density at radius 3 is 2.49 bits per heavy atom. The van der Waals surface area contributed by atoms with Crippen LogP contribution in [0, 0.1) is 5.82 Å². The minimum atomic E-state index is -0.837. The summed E-state index contributed by atoms with van der Waals surface area (Å²) in [5, 5.41) is 5.99. The molecule has 9 nitrogen and oxygen atoms in total. The average molecular weight is 584 g/mol. The summed E-state index contributed by atoms with van der Waals surface area (Å²) in [5.74, 6) is -1.08. The SMILES string of the molecule is CC(C)(C)OC(=O)CN1C[C@H](C(=O)NCCCCNC(=O)COc2ccc(Cl)c(F)c2)Oc2ccc(Cl)cc21. The fraction of sp³-hybridized carbons (Fsp3) is 0.444. The maximum atomic E-state index is 13.4. The van der Waals surface area contributed by atoms with Gasteiger partial charge in [-0.05, 0) is 63.9 Å². The number of carbonyl (C=O) groups is 3. The van der Waals surface area contributed by atoms with Gasteiger partial charge in [-0.2, -0.15) is 0 Å². The van der Waals surface area contributed by atoms with E-state index >= 15 is 0 Å². The number of nitrogens with one attached hydrogen (secondary N) is 2. The predicted molar refractivity (Wildman–Crippen MR) is 146 cm³/mol. The molecular formula is C27H32Cl2FN3O6. The molecule has 1 atom stereocenters. The molecule has 0 unspecified atom stereocenters. The summed E-state index contributed by atoms with van der Waals surface area (Å²) in [4.78, 5) is 38.9. The van der Waals surface area contributed by atoms with Crippen LogP contribution >= 0.6 is 23.2 Å². The molecule has 1 aliphatic rings. The minimum Gasteiger partial charge on any atom is -0.484 e. The number of amides is 2. The second kappa shape index (κ2) is 13.7. The monoisotopic (exact) mass is 583 g/mol. The lowest BCUT2D eigenvalue weighted by Crippen LogP contribution is -2.50. The highest BCUT2D eigenvalue weighted by Crippen LogP contribution is 2.35. The van der Waals surface area contributed by atoms with Gasteiger partial charge in [-0.15, -0.1) is 0 Å². The van der Waals surface area contributed by atoms with E-state index in [0.717, 1.165) is 6.07 Å². The van der Waals surface area contributed by atoms with E-state index in [4.69, 9.17) is 37.4 Å². The maximum absolute atomic E-state index is 13.4. The number of anilines is 1. The number of benzene rings is 2. The predicted octanol–water partition coefficient (Wildman–Crippen LogP) is 4.13. The second-order valence-corrected chi connectivity index (χ2v) is 10.7. The summed E-state index contributed by atoms with van der Waals surface area (Å²) in [6.07, 6.45) is 0.380. The molecule has 0 bridgehead atoms. The van der Waals surface area contributed by atoms with E-state index in [9.17, 15) is 18.8 Å². The lowest BCUT2D eigenvalue weighted by Gasteiger charge is -2.35. The van der Waals surface area contributed by atoms with E-state index in [-0.39, 0.29) is 42.3 Å². The minimum absolute atomic E-state index is 0.0261. The van der Waals surface area contributed by atoms with Crippen LogP contribution in [0.25, 0.3) is 0 Å². The third kappa shape index (κ3) is 9.78. The van der Waals surface area contributed by atoms with Crippen molar-refractivity contribution < 1.29 is 33.0 Å². The molecule has 0 aromatic heterocycles. The second-order valence-electron chi connectivity index (χ2n) is 9.90. The Morgan fingerprint density at radius 2 is 1.79 bits per heavy atom. The van der Waals surface area contributed by atoms with E-state index in [1.165, 1.54) is 12.1 Å². The van der Waals surface area contributed by atoms with Crippen molar-refractivity contribution >= 4 is 46.7 Å². The van der Waals surface area contributed by atoms with Gasteiger partial charge in [-0.1, -0.05) is 23.2 Å². The summed E-state index contributed by atoms with van der Waals surface area (Å²) in [6.45, 7) is 5.93. The van der Waals surface area contributed by atoms with Crippen LogP contribution in [0.2, 0.25) is 10.0 Å². The molecule has 0 saturated carbocycles. The first-order valence-corrected chi connectivity index (χ1v) is 13.2. The summed E-state index contributed by atoms with van der Waals surface area (Å²) < 4.78 is 30.0. The number of unbranched alkanes of at least 4 members (excludes halogenated alkanes) is 1. The van der Waals surface area contributed by atoms with E-state index in [1.54, 1.807) is 43.9 Å². The molecule has 2 N–H and O–H groups in total. The number of halogens is 3. The largest absolute Gasteiger partial charge is 0.484 e. The highest BCUT2D eigenvalue weighted by molar-refractivity contribution is 6.31. The van der Waals surface area contributed by atoms with Gasteiger partial charge >= 0.3 is 5.97 Å². The number of rotatable bonds is 11. The first-order chi connectivity index (χ1) is 18.4. The van der Waals surface area contributed by atoms with Crippen molar-refractivity contribution in [3.63, 3.8) is 0 Å². The number of esters is 1. The van der Waals surface area contributed by atoms with Crippen LogP contribution in [-0.2, 0) is 19.1 Å².